The molecule has 5 rings (SSSR count). The van der Waals surface area contributed by atoms with Crippen LogP contribution in [0.5, 0.6) is 0 Å². The average Bonchev–Trinajstić information content (AvgIpc) is 3.09. The van der Waals surface area contributed by atoms with E-state index in [-0.39, 0.29) is 28.3 Å². The lowest BCUT2D eigenvalue weighted by Gasteiger charge is -2.37. The first-order valence-electron chi connectivity index (χ1n) is 9.65. The van der Waals surface area contributed by atoms with Gasteiger partial charge in [0.1, 0.15) is 11.6 Å². The van der Waals surface area contributed by atoms with Gasteiger partial charge in [0, 0.05) is 6.20 Å². The van der Waals surface area contributed by atoms with Gasteiger partial charge in [0.15, 0.2) is 5.69 Å². The number of hydrogen-bond acceptors (Lipinski definition) is 5. The van der Waals surface area contributed by atoms with Gasteiger partial charge in [-0.1, -0.05) is 19.9 Å². The lowest BCUT2D eigenvalue weighted by molar-refractivity contribution is 0.0688. The molecule has 0 unspecified atom stereocenters. The van der Waals surface area contributed by atoms with Gasteiger partial charge in [-0.2, -0.15) is 5.10 Å². The number of nitrogens with zero attached hydrogens (tertiary/aromatic N) is 4. The number of carboxylic acids is 1. The molecular weight excluding hydrogens is 390 g/mol. The second-order valence-electron chi connectivity index (χ2n) is 8.44. The number of benzene rings is 1. The van der Waals surface area contributed by atoms with Crippen molar-refractivity contribution in [3.63, 3.8) is 0 Å². The minimum atomic E-state index is -1.15. The van der Waals surface area contributed by atoms with Crippen molar-refractivity contribution in [3.05, 3.63) is 70.9 Å². The SMILES string of the molecule is CC1(C)[C@H]2CC[C@]1(c1cncc(C(=O)O)n1)c1nnc(-c3c(F)cccc3F)cc12. The smallest absolute Gasteiger partial charge is 0.356 e. The van der Waals surface area contributed by atoms with Crippen LogP contribution in [0.4, 0.5) is 8.78 Å². The molecule has 0 spiro atoms. The Labute approximate surface area is 171 Å². The second kappa shape index (κ2) is 6.10. The van der Waals surface area contributed by atoms with Crippen molar-refractivity contribution in [3.8, 4) is 11.3 Å². The number of aromatic carboxylic acids is 1. The van der Waals surface area contributed by atoms with E-state index in [1.54, 1.807) is 12.3 Å². The van der Waals surface area contributed by atoms with Crippen LogP contribution in [-0.4, -0.2) is 31.2 Å². The van der Waals surface area contributed by atoms with Gasteiger partial charge in [0.2, 0.25) is 0 Å². The Morgan fingerprint density at radius 2 is 1.90 bits per heavy atom. The van der Waals surface area contributed by atoms with Crippen LogP contribution in [0.3, 0.4) is 0 Å². The van der Waals surface area contributed by atoms with Gasteiger partial charge in [-0.05, 0) is 47.9 Å². The predicted molar refractivity (Wildman–Crippen MR) is 103 cm³/mol. The molecule has 2 aromatic heterocycles. The van der Waals surface area contributed by atoms with E-state index in [0.717, 1.165) is 18.4 Å². The first kappa shape index (κ1) is 18.7. The van der Waals surface area contributed by atoms with E-state index < -0.39 is 23.0 Å². The minimum Gasteiger partial charge on any atom is -0.476 e. The lowest BCUT2D eigenvalue weighted by atomic mass is 9.66. The predicted octanol–water partition coefficient (Wildman–Crippen LogP) is 4.11. The third-order valence-corrected chi connectivity index (χ3v) is 6.89. The Morgan fingerprint density at radius 1 is 1.17 bits per heavy atom. The normalized spacial score (nSPS) is 23.4. The first-order valence-corrected chi connectivity index (χ1v) is 9.65. The highest BCUT2D eigenvalue weighted by atomic mass is 19.1. The van der Waals surface area contributed by atoms with E-state index in [0.29, 0.717) is 11.4 Å². The molecular formula is C22H18F2N4O2. The summed E-state index contributed by atoms with van der Waals surface area (Å²) >= 11 is 0. The molecule has 152 valence electrons. The summed E-state index contributed by atoms with van der Waals surface area (Å²) in [7, 11) is 0. The summed E-state index contributed by atoms with van der Waals surface area (Å²) < 4.78 is 28.6. The molecule has 1 saturated carbocycles. The van der Waals surface area contributed by atoms with Crippen LogP contribution in [0.1, 0.15) is 60.0 Å². The lowest BCUT2D eigenvalue weighted by Crippen LogP contribution is -2.38. The topological polar surface area (TPSA) is 88.9 Å². The van der Waals surface area contributed by atoms with E-state index in [1.165, 1.54) is 24.4 Å². The zero-order chi connectivity index (χ0) is 21.3. The second-order valence-corrected chi connectivity index (χ2v) is 8.44. The molecule has 30 heavy (non-hydrogen) atoms. The Kier molecular flexibility index (Phi) is 3.81. The fraction of sp³-hybridized carbons (Fsp3) is 0.318. The quantitative estimate of drug-likeness (QED) is 0.702. The number of rotatable bonds is 3. The van der Waals surface area contributed by atoms with Crippen molar-refractivity contribution < 1.29 is 18.7 Å². The Hall–Kier alpha value is -3.29. The summed E-state index contributed by atoms with van der Waals surface area (Å²) in [4.78, 5) is 19.9. The molecule has 8 heteroatoms. The number of carbonyl (C=O) groups is 1. The zero-order valence-electron chi connectivity index (χ0n) is 16.4. The van der Waals surface area contributed by atoms with Crippen molar-refractivity contribution >= 4 is 5.97 Å². The van der Waals surface area contributed by atoms with Crippen LogP contribution in [0.25, 0.3) is 11.3 Å². The molecule has 0 saturated heterocycles. The third kappa shape index (κ3) is 2.24. The van der Waals surface area contributed by atoms with E-state index in [2.05, 4.69) is 34.0 Å². The molecule has 6 nitrogen and oxygen atoms in total. The maximum Gasteiger partial charge on any atom is 0.356 e. The molecule has 1 fully saturated rings. The molecule has 0 aliphatic heterocycles. The molecule has 0 amide bonds. The molecule has 2 heterocycles. The number of fused-ring (bicyclic) bond motifs is 5. The Bertz CT molecular complexity index is 1190. The number of halogens is 2. The van der Waals surface area contributed by atoms with E-state index in [1.807, 2.05) is 0 Å². The summed E-state index contributed by atoms with van der Waals surface area (Å²) in [6.45, 7) is 4.18. The summed E-state index contributed by atoms with van der Waals surface area (Å²) in [5, 5.41) is 17.9. The fourth-order valence-electron chi connectivity index (χ4n) is 5.43. The maximum atomic E-state index is 14.3. The van der Waals surface area contributed by atoms with Crippen LogP contribution in [0.2, 0.25) is 0 Å². The van der Waals surface area contributed by atoms with Crippen molar-refractivity contribution in [1.29, 1.82) is 0 Å². The Morgan fingerprint density at radius 3 is 2.60 bits per heavy atom. The minimum absolute atomic E-state index is 0.0758. The molecule has 3 aromatic rings. The van der Waals surface area contributed by atoms with Crippen molar-refractivity contribution in [1.82, 2.24) is 20.2 Å². The van der Waals surface area contributed by atoms with Gasteiger partial charge in [0.25, 0.3) is 0 Å². The highest BCUT2D eigenvalue weighted by Crippen LogP contribution is 2.69. The number of carboxylic acid groups (broad SMARTS) is 1. The van der Waals surface area contributed by atoms with Crippen LogP contribution in [0.15, 0.2) is 36.7 Å². The van der Waals surface area contributed by atoms with Crippen LogP contribution >= 0.6 is 0 Å². The largest absolute Gasteiger partial charge is 0.476 e. The van der Waals surface area contributed by atoms with Gasteiger partial charge in [-0.3, -0.25) is 4.98 Å². The standard InChI is InChI=1S/C22H18F2N4O2/c1-21(2)12-6-7-22(21,17-10-25-9-16(26-17)20(29)30)19-11(12)8-15(27-28-19)18-13(23)4-3-5-14(18)24/h3-5,8-10,12H,6-7H2,1-2H3,(H,29,30)/t12-,22-/m0/s1. The van der Waals surface area contributed by atoms with E-state index in [9.17, 15) is 18.7 Å². The van der Waals surface area contributed by atoms with Gasteiger partial charge < -0.3 is 5.11 Å². The summed E-state index contributed by atoms with van der Waals surface area (Å²) in [6, 6.07) is 5.41. The average molecular weight is 408 g/mol. The summed E-state index contributed by atoms with van der Waals surface area (Å²) in [5.41, 5.74) is 0.902. The van der Waals surface area contributed by atoms with Gasteiger partial charge >= 0.3 is 5.97 Å². The maximum absolute atomic E-state index is 14.3. The van der Waals surface area contributed by atoms with Crippen LogP contribution in [0, 0.1) is 17.0 Å². The molecule has 2 bridgehead atoms. The van der Waals surface area contributed by atoms with Crippen molar-refractivity contribution in [2.45, 2.75) is 38.0 Å². The van der Waals surface area contributed by atoms with Crippen molar-refractivity contribution in [2.24, 2.45) is 5.41 Å². The highest BCUT2D eigenvalue weighted by molar-refractivity contribution is 5.85. The fourth-order valence-corrected chi connectivity index (χ4v) is 5.43. The monoisotopic (exact) mass is 408 g/mol. The highest BCUT2D eigenvalue weighted by Gasteiger charge is 2.65. The molecule has 1 N–H and O–H groups in total. The molecule has 2 aliphatic rings. The van der Waals surface area contributed by atoms with E-state index >= 15 is 0 Å². The molecule has 2 aliphatic carbocycles. The van der Waals surface area contributed by atoms with Gasteiger partial charge in [-0.15, -0.1) is 5.10 Å². The van der Waals surface area contributed by atoms with Crippen molar-refractivity contribution in [2.75, 3.05) is 0 Å². The number of hydrogen-bond donors (Lipinski definition) is 1. The Balaban J connectivity index is 1.72. The zero-order valence-corrected chi connectivity index (χ0v) is 16.4. The third-order valence-electron chi connectivity index (χ3n) is 6.89. The summed E-state index contributed by atoms with van der Waals surface area (Å²) in [6.07, 6.45) is 4.34. The number of aromatic nitrogens is 4. The van der Waals surface area contributed by atoms with E-state index in [4.69, 9.17) is 0 Å². The molecule has 0 radical (unpaired) electrons. The van der Waals surface area contributed by atoms with Gasteiger partial charge in [0.05, 0.1) is 34.3 Å². The van der Waals surface area contributed by atoms with Gasteiger partial charge in [-0.25, -0.2) is 18.6 Å². The van der Waals surface area contributed by atoms with Crippen LogP contribution < -0.4 is 0 Å². The first-order chi connectivity index (χ1) is 14.3. The van der Waals surface area contributed by atoms with Crippen LogP contribution in [-0.2, 0) is 5.41 Å². The summed E-state index contributed by atoms with van der Waals surface area (Å²) in [5.74, 6) is -2.46. The molecule has 1 aromatic carbocycles. The molecule has 2 atom stereocenters.